The lowest BCUT2D eigenvalue weighted by molar-refractivity contribution is -0.119. The first kappa shape index (κ1) is 12.8. The summed E-state index contributed by atoms with van der Waals surface area (Å²) < 4.78 is 4.86. The number of amides is 1. The van der Waals surface area contributed by atoms with Crippen molar-refractivity contribution in [2.45, 2.75) is 19.3 Å². The van der Waals surface area contributed by atoms with Gasteiger partial charge in [-0.15, -0.1) is 0 Å². The second-order valence-corrected chi connectivity index (χ2v) is 4.35. The van der Waals surface area contributed by atoms with Gasteiger partial charge >= 0.3 is 0 Å². The van der Waals surface area contributed by atoms with Crippen molar-refractivity contribution in [1.29, 1.82) is 0 Å². The molecule has 98 valence electrons. The Morgan fingerprint density at radius 1 is 1.44 bits per heavy atom. The highest BCUT2D eigenvalue weighted by atomic mass is 16.5. The molecule has 0 atom stereocenters. The largest absolute Gasteiger partial charge is 0.383 e. The van der Waals surface area contributed by atoms with E-state index in [2.05, 4.69) is 21.7 Å². The van der Waals surface area contributed by atoms with E-state index in [0.29, 0.717) is 13.2 Å². The van der Waals surface area contributed by atoms with Crippen molar-refractivity contribution in [1.82, 2.24) is 10.3 Å². The number of fused-ring (bicyclic) bond motifs is 1. The van der Waals surface area contributed by atoms with Gasteiger partial charge in [-0.25, -0.2) is 4.98 Å². The minimum Gasteiger partial charge on any atom is -0.383 e. The third kappa shape index (κ3) is 3.43. The Balaban J connectivity index is 1.78. The quantitative estimate of drug-likeness (QED) is 0.730. The molecule has 0 spiro atoms. The number of anilines is 1. The van der Waals surface area contributed by atoms with Gasteiger partial charge in [0.05, 0.1) is 13.2 Å². The molecule has 0 radical (unpaired) electrons. The predicted octanol–water partition coefficient (Wildman–Crippen LogP) is 0.745. The van der Waals surface area contributed by atoms with Crippen LogP contribution >= 0.6 is 0 Å². The topological polar surface area (TPSA) is 63.2 Å². The highest BCUT2D eigenvalue weighted by Crippen LogP contribution is 2.21. The van der Waals surface area contributed by atoms with Crippen molar-refractivity contribution >= 4 is 11.7 Å². The number of hydrogen-bond donors (Lipinski definition) is 2. The number of aromatic nitrogens is 1. The van der Waals surface area contributed by atoms with Crippen molar-refractivity contribution in [2.24, 2.45) is 0 Å². The minimum absolute atomic E-state index is 0.0469. The normalized spacial score (nSPS) is 13.2. The van der Waals surface area contributed by atoms with Gasteiger partial charge in [-0.1, -0.05) is 6.07 Å². The summed E-state index contributed by atoms with van der Waals surface area (Å²) >= 11 is 0. The van der Waals surface area contributed by atoms with Crippen LogP contribution in [0.2, 0.25) is 0 Å². The number of ether oxygens (including phenoxy) is 1. The van der Waals surface area contributed by atoms with Crippen molar-refractivity contribution in [3.05, 3.63) is 23.4 Å². The zero-order chi connectivity index (χ0) is 12.8. The fourth-order valence-electron chi connectivity index (χ4n) is 2.04. The molecule has 2 N–H and O–H groups in total. The first-order chi connectivity index (χ1) is 8.79. The zero-order valence-corrected chi connectivity index (χ0v) is 10.7. The molecular weight excluding hydrogens is 230 g/mol. The first-order valence-corrected chi connectivity index (χ1v) is 6.28. The van der Waals surface area contributed by atoms with Gasteiger partial charge in [0.2, 0.25) is 5.91 Å². The van der Waals surface area contributed by atoms with E-state index in [4.69, 9.17) is 4.74 Å². The fourth-order valence-corrected chi connectivity index (χ4v) is 2.04. The second kappa shape index (κ2) is 6.35. The van der Waals surface area contributed by atoms with Crippen LogP contribution in [0.15, 0.2) is 12.1 Å². The molecule has 0 fully saturated rings. The van der Waals surface area contributed by atoms with Crippen molar-refractivity contribution in [2.75, 3.05) is 32.1 Å². The summed E-state index contributed by atoms with van der Waals surface area (Å²) in [6.45, 7) is 1.31. The highest BCUT2D eigenvalue weighted by molar-refractivity contribution is 5.80. The molecule has 5 nitrogen and oxygen atoms in total. The second-order valence-electron chi connectivity index (χ2n) is 4.35. The Hall–Kier alpha value is -1.62. The van der Waals surface area contributed by atoms with Crippen molar-refractivity contribution in [3.63, 3.8) is 0 Å². The molecule has 1 aromatic rings. The van der Waals surface area contributed by atoms with Crippen LogP contribution in [-0.2, 0) is 22.4 Å². The van der Waals surface area contributed by atoms with Crippen LogP contribution in [0, 0.1) is 0 Å². The van der Waals surface area contributed by atoms with Gasteiger partial charge in [0.25, 0.3) is 0 Å². The molecular formula is C13H19N3O2. The summed E-state index contributed by atoms with van der Waals surface area (Å²) in [5.41, 5.74) is 2.50. The Kier molecular flexibility index (Phi) is 4.52. The molecule has 1 amide bonds. The lowest BCUT2D eigenvalue weighted by Crippen LogP contribution is -2.32. The molecule has 2 rings (SSSR count). The van der Waals surface area contributed by atoms with Crippen LogP contribution in [-0.4, -0.2) is 37.7 Å². The maximum Gasteiger partial charge on any atom is 0.239 e. The van der Waals surface area contributed by atoms with Gasteiger partial charge in [0, 0.05) is 19.3 Å². The monoisotopic (exact) mass is 249 g/mol. The highest BCUT2D eigenvalue weighted by Gasteiger charge is 2.12. The third-order valence-electron chi connectivity index (χ3n) is 2.99. The summed E-state index contributed by atoms with van der Waals surface area (Å²) in [4.78, 5) is 16.0. The standard InChI is InChI=1S/C13H19N3O2/c1-18-8-7-14-13(17)9-15-12-6-5-10-3-2-4-11(10)16-12/h5-6H,2-4,7-9H2,1H3,(H,14,17)(H,15,16). The van der Waals surface area contributed by atoms with Gasteiger partial charge in [-0.05, 0) is 30.9 Å². The van der Waals surface area contributed by atoms with Crippen LogP contribution in [0.5, 0.6) is 0 Å². The smallest absolute Gasteiger partial charge is 0.239 e. The van der Waals surface area contributed by atoms with Gasteiger partial charge in [0.15, 0.2) is 0 Å². The molecule has 0 saturated carbocycles. The van der Waals surface area contributed by atoms with Crippen molar-refractivity contribution < 1.29 is 9.53 Å². The van der Waals surface area contributed by atoms with Gasteiger partial charge < -0.3 is 15.4 Å². The summed E-state index contributed by atoms with van der Waals surface area (Å²) in [6.07, 6.45) is 3.36. The van der Waals surface area contributed by atoms with Crippen LogP contribution in [0.3, 0.4) is 0 Å². The molecule has 1 aliphatic carbocycles. The summed E-state index contributed by atoms with van der Waals surface area (Å²) in [6, 6.07) is 4.03. The number of hydrogen-bond acceptors (Lipinski definition) is 4. The van der Waals surface area contributed by atoms with Gasteiger partial charge in [-0.2, -0.15) is 0 Å². The Bertz CT molecular complexity index is 421. The van der Waals surface area contributed by atoms with E-state index < -0.39 is 0 Å². The lowest BCUT2D eigenvalue weighted by Gasteiger charge is -2.08. The van der Waals surface area contributed by atoms with Gasteiger partial charge in [0.1, 0.15) is 5.82 Å². The van der Waals surface area contributed by atoms with Crippen LogP contribution in [0.4, 0.5) is 5.82 Å². The van der Waals surface area contributed by atoms with Gasteiger partial charge in [-0.3, -0.25) is 4.79 Å². The number of rotatable bonds is 6. The maximum atomic E-state index is 11.5. The SMILES string of the molecule is COCCNC(=O)CNc1ccc2c(n1)CCC2. The molecule has 0 saturated heterocycles. The van der Waals surface area contributed by atoms with E-state index in [9.17, 15) is 4.79 Å². The number of nitrogens with one attached hydrogen (secondary N) is 2. The van der Waals surface area contributed by atoms with E-state index in [1.54, 1.807) is 7.11 Å². The molecule has 0 aliphatic heterocycles. The number of carbonyl (C=O) groups is 1. The summed E-state index contributed by atoms with van der Waals surface area (Å²) in [7, 11) is 1.61. The van der Waals surface area contributed by atoms with Crippen LogP contribution in [0.1, 0.15) is 17.7 Å². The van der Waals surface area contributed by atoms with E-state index in [0.717, 1.165) is 18.7 Å². The van der Waals surface area contributed by atoms with E-state index >= 15 is 0 Å². The summed E-state index contributed by atoms with van der Waals surface area (Å²) in [5.74, 6) is 0.729. The molecule has 0 aromatic carbocycles. The Morgan fingerprint density at radius 2 is 2.33 bits per heavy atom. The van der Waals surface area contributed by atoms with Crippen LogP contribution < -0.4 is 10.6 Å². The molecule has 1 aromatic heterocycles. The molecule has 0 bridgehead atoms. The number of methoxy groups -OCH3 is 1. The average Bonchev–Trinajstić information content (AvgIpc) is 2.84. The fraction of sp³-hybridized carbons (Fsp3) is 0.538. The first-order valence-electron chi connectivity index (χ1n) is 6.28. The number of carbonyl (C=O) groups excluding carboxylic acids is 1. The number of nitrogens with zero attached hydrogens (tertiary/aromatic N) is 1. The van der Waals surface area contributed by atoms with E-state index in [1.807, 2.05) is 6.07 Å². The Labute approximate surface area is 107 Å². The molecule has 5 heteroatoms. The molecule has 18 heavy (non-hydrogen) atoms. The minimum atomic E-state index is -0.0469. The third-order valence-corrected chi connectivity index (χ3v) is 2.99. The van der Waals surface area contributed by atoms with E-state index in [-0.39, 0.29) is 12.5 Å². The summed E-state index contributed by atoms with van der Waals surface area (Å²) in [5, 5.41) is 5.79. The number of aryl methyl sites for hydroxylation is 2. The average molecular weight is 249 g/mol. The number of pyridine rings is 1. The Morgan fingerprint density at radius 3 is 3.17 bits per heavy atom. The molecule has 0 unspecified atom stereocenters. The maximum absolute atomic E-state index is 11.5. The predicted molar refractivity (Wildman–Crippen MR) is 69.6 cm³/mol. The van der Waals surface area contributed by atoms with Crippen LogP contribution in [0.25, 0.3) is 0 Å². The molecule has 1 aliphatic rings. The molecule has 1 heterocycles. The van der Waals surface area contributed by atoms with Crippen molar-refractivity contribution in [3.8, 4) is 0 Å². The zero-order valence-electron chi connectivity index (χ0n) is 10.7. The van der Waals surface area contributed by atoms with E-state index in [1.165, 1.54) is 17.7 Å². The lowest BCUT2D eigenvalue weighted by atomic mass is 10.2.